The quantitative estimate of drug-likeness (QED) is 0.896. The van der Waals surface area contributed by atoms with Gasteiger partial charge in [-0.15, -0.1) is 12.4 Å². The van der Waals surface area contributed by atoms with Crippen LogP contribution in [0.3, 0.4) is 0 Å². The Bertz CT molecular complexity index is 506. The molecule has 3 unspecified atom stereocenters. The summed E-state index contributed by atoms with van der Waals surface area (Å²) in [5.74, 6) is -2.08. The van der Waals surface area contributed by atoms with Crippen molar-refractivity contribution in [2.75, 3.05) is 13.1 Å². The van der Waals surface area contributed by atoms with E-state index in [9.17, 15) is 13.6 Å². The van der Waals surface area contributed by atoms with E-state index in [-0.39, 0.29) is 36.2 Å². The lowest BCUT2D eigenvalue weighted by molar-refractivity contribution is -0.123. The molecule has 3 atom stereocenters. The number of nitrogens with one attached hydrogen (secondary N) is 2. The number of rotatable bonds is 3. The number of amides is 1. The van der Waals surface area contributed by atoms with Gasteiger partial charge in [-0.05, 0) is 36.9 Å². The van der Waals surface area contributed by atoms with Crippen molar-refractivity contribution in [3.63, 3.8) is 0 Å². The van der Waals surface area contributed by atoms with E-state index in [1.165, 1.54) is 6.07 Å². The summed E-state index contributed by atoms with van der Waals surface area (Å²) in [5.41, 5.74) is 0.324. The molecule has 3 nitrogen and oxygen atoms in total. The number of carbonyl (C=O) groups is 1. The van der Waals surface area contributed by atoms with Crippen molar-refractivity contribution < 1.29 is 13.6 Å². The van der Waals surface area contributed by atoms with Crippen molar-refractivity contribution in [2.24, 2.45) is 5.92 Å². The van der Waals surface area contributed by atoms with Crippen LogP contribution in [0, 0.1) is 17.6 Å². The van der Waals surface area contributed by atoms with Crippen LogP contribution in [-0.2, 0) is 4.79 Å². The smallest absolute Gasteiger partial charge is 0.224 e. The van der Waals surface area contributed by atoms with E-state index in [4.69, 9.17) is 0 Å². The molecule has 1 aromatic carbocycles. The highest BCUT2D eigenvalue weighted by Crippen LogP contribution is 2.48. The molecule has 6 heteroatoms. The largest absolute Gasteiger partial charge is 0.352 e. The predicted molar refractivity (Wildman–Crippen MR) is 73.9 cm³/mol. The van der Waals surface area contributed by atoms with Gasteiger partial charge in [-0.1, -0.05) is 12.1 Å². The molecule has 2 aliphatic rings. The van der Waals surface area contributed by atoms with Gasteiger partial charge in [0.05, 0.1) is 0 Å². The summed E-state index contributed by atoms with van der Waals surface area (Å²) in [4.78, 5) is 12.0. The average Bonchev–Trinajstić information content (AvgIpc) is 3.03. The lowest BCUT2D eigenvalue weighted by atomic mass is 10.1. The Kier molecular flexibility index (Phi) is 4.60. The lowest BCUT2D eigenvalue weighted by Gasteiger charge is -2.11. The highest BCUT2D eigenvalue weighted by molar-refractivity contribution is 5.85. The lowest BCUT2D eigenvalue weighted by Crippen LogP contribution is -2.37. The van der Waals surface area contributed by atoms with E-state index in [0.717, 1.165) is 25.6 Å². The third kappa shape index (κ3) is 2.94. The number of halogens is 3. The fraction of sp³-hybridized carbons (Fsp3) is 0.500. The summed E-state index contributed by atoms with van der Waals surface area (Å²) < 4.78 is 26.8. The summed E-state index contributed by atoms with van der Waals surface area (Å²) in [6.07, 6.45) is 1.53. The normalized spacial score (nSPS) is 27.8. The number of hydrogen-bond acceptors (Lipinski definition) is 2. The molecule has 1 aromatic rings. The van der Waals surface area contributed by atoms with Crippen LogP contribution in [0.4, 0.5) is 8.78 Å². The van der Waals surface area contributed by atoms with E-state index in [2.05, 4.69) is 10.6 Å². The van der Waals surface area contributed by atoms with Crippen molar-refractivity contribution in [2.45, 2.75) is 24.8 Å². The highest BCUT2D eigenvalue weighted by Gasteiger charge is 2.46. The number of hydrogen-bond donors (Lipinski definition) is 2. The topological polar surface area (TPSA) is 41.1 Å². The van der Waals surface area contributed by atoms with E-state index in [1.807, 2.05) is 0 Å². The summed E-state index contributed by atoms with van der Waals surface area (Å²) >= 11 is 0. The van der Waals surface area contributed by atoms with Gasteiger partial charge in [-0.3, -0.25) is 4.79 Å². The molecule has 0 spiro atoms. The fourth-order valence-corrected chi connectivity index (χ4v) is 2.72. The molecular weight excluding hydrogens is 286 g/mol. The van der Waals surface area contributed by atoms with Crippen LogP contribution in [0.5, 0.6) is 0 Å². The minimum Gasteiger partial charge on any atom is -0.352 e. The Labute approximate surface area is 122 Å². The Morgan fingerprint density at radius 2 is 2.15 bits per heavy atom. The van der Waals surface area contributed by atoms with Crippen LogP contribution in [0.15, 0.2) is 18.2 Å². The molecule has 1 saturated heterocycles. The van der Waals surface area contributed by atoms with Crippen LogP contribution in [-0.4, -0.2) is 25.0 Å². The van der Waals surface area contributed by atoms with Gasteiger partial charge < -0.3 is 10.6 Å². The van der Waals surface area contributed by atoms with Gasteiger partial charge in [0.1, 0.15) is 0 Å². The van der Waals surface area contributed by atoms with Crippen molar-refractivity contribution in [1.29, 1.82) is 0 Å². The molecule has 1 aliphatic heterocycles. The number of benzene rings is 1. The van der Waals surface area contributed by atoms with E-state index < -0.39 is 11.6 Å². The maximum Gasteiger partial charge on any atom is 0.224 e. The maximum atomic E-state index is 13.6. The zero-order valence-electron chi connectivity index (χ0n) is 10.9. The predicted octanol–water partition coefficient (Wildman–Crippen LogP) is 1.97. The molecule has 1 amide bonds. The minimum absolute atomic E-state index is 0. The average molecular weight is 303 g/mol. The van der Waals surface area contributed by atoms with E-state index >= 15 is 0 Å². The molecule has 20 heavy (non-hydrogen) atoms. The van der Waals surface area contributed by atoms with Crippen LogP contribution in [0.2, 0.25) is 0 Å². The molecule has 2 fully saturated rings. The van der Waals surface area contributed by atoms with Gasteiger partial charge in [0.2, 0.25) is 5.91 Å². The Balaban J connectivity index is 0.00000147. The van der Waals surface area contributed by atoms with Crippen molar-refractivity contribution in [3.05, 3.63) is 35.4 Å². The Morgan fingerprint density at radius 1 is 1.35 bits per heavy atom. The SMILES string of the molecule is Cl.O=C(NC1CCNC1)C1CC1c1cccc(F)c1F. The van der Waals surface area contributed by atoms with Gasteiger partial charge in [0.15, 0.2) is 11.6 Å². The molecule has 1 heterocycles. The molecule has 0 radical (unpaired) electrons. The molecule has 1 saturated carbocycles. The Hall–Kier alpha value is -1.20. The number of carbonyl (C=O) groups excluding carboxylic acids is 1. The first kappa shape index (κ1) is 15.2. The second-order valence-corrected chi connectivity index (χ2v) is 5.29. The summed E-state index contributed by atoms with van der Waals surface area (Å²) in [6, 6.07) is 4.32. The Morgan fingerprint density at radius 3 is 2.85 bits per heavy atom. The molecule has 3 rings (SSSR count). The van der Waals surface area contributed by atoms with E-state index in [1.54, 1.807) is 6.07 Å². The zero-order valence-corrected chi connectivity index (χ0v) is 11.7. The molecule has 110 valence electrons. The van der Waals surface area contributed by atoms with Gasteiger partial charge in [0.25, 0.3) is 0 Å². The first-order valence-electron chi connectivity index (χ1n) is 6.62. The van der Waals surface area contributed by atoms with Crippen LogP contribution < -0.4 is 10.6 Å². The second-order valence-electron chi connectivity index (χ2n) is 5.29. The first-order valence-corrected chi connectivity index (χ1v) is 6.62. The van der Waals surface area contributed by atoms with E-state index in [0.29, 0.717) is 12.0 Å². The molecule has 1 aliphatic carbocycles. The standard InChI is InChI=1S/C14H16F2N2O.ClH/c15-12-3-1-2-9(13(12)16)10-6-11(10)14(19)18-8-4-5-17-7-8;/h1-3,8,10-11,17H,4-7H2,(H,18,19);1H. The fourth-order valence-electron chi connectivity index (χ4n) is 2.72. The molecular formula is C14H17ClF2N2O. The second kappa shape index (κ2) is 6.06. The first-order chi connectivity index (χ1) is 9.16. The minimum atomic E-state index is -0.844. The summed E-state index contributed by atoms with van der Waals surface area (Å²) in [7, 11) is 0. The van der Waals surface area contributed by atoms with Gasteiger partial charge in [-0.2, -0.15) is 0 Å². The zero-order chi connectivity index (χ0) is 13.4. The molecule has 0 aromatic heterocycles. The van der Waals surface area contributed by atoms with Crippen LogP contribution in [0.1, 0.15) is 24.3 Å². The van der Waals surface area contributed by atoms with Crippen molar-refractivity contribution in [3.8, 4) is 0 Å². The van der Waals surface area contributed by atoms with Crippen LogP contribution >= 0.6 is 12.4 Å². The summed E-state index contributed by atoms with van der Waals surface area (Å²) in [6.45, 7) is 1.70. The van der Waals surface area contributed by atoms with Crippen molar-refractivity contribution in [1.82, 2.24) is 10.6 Å². The highest BCUT2D eigenvalue weighted by atomic mass is 35.5. The van der Waals surface area contributed by atoms with Crippen molar-refractivity contribution >= 4 is 18.3 Å². The third-order valence-electron chi connectivity index (χ3n) is 3.91. The maximum absolute atomic E-state index is 13.6. The summed E-state index contributed by atoms with van der Waals surface area (Å²) in [5, 5.41) is 6.13. The molecule has 0 bridgehead atoms. The monoisotopic (exact) mass is 302 g/mol. The van der Waals surface area contributed by atoms with Crippen LogP contribution in [0.25, 0.3) is 0 Å². The third-order valence-corrected chi connectivity index (χ3v) is 3.91. The van der Waals surface area contributed by atoms with Gasteiger partial charge in [-0.25, -0.2) is 8.78 Å². The molecule has 2 N–H and O–H groups in total. The van der Waals surface area contributed by atoms with Gasteiger partial charge >= 0.3 is 0 Å². The van der Waals surface area contributed by atoms with Gasteiger partial charge in [0, 0.05) is 18.5 Å².